The Hall–Kier alpha value is -6.62. The molecule has 14 heteroatoms. The molecule has 58 heavy (non-hydrogen) atoms. The van der Waals surface area contributed by atoms with Gasteiger partial charge in [-0.05, 0) is 89.9 Å². The van der Waals surface area contributed by atoms with Crippen molar-refractivity contribution in [1.82, 2.24) is 29.7 Å². The number of rotatable bonds is 7. The Bertz CT molecular complexity index is 2670. The van der Waals surface area contributed by atoms with Crippen molar-refractivity contribution in [2.75, 3.05) is 18.0 Å². The van der Waals surface area contributed by atoms with Gasteiger partial charge >= 0.3 is 5.69 Å². The normalized spacial score (nSPS) is 16.4. The van der Waals surface area contributed by atoms with E-state index in [0.717, 1.165) is 34.3 Å². The molecule has 0 aliphatic carbocycles. The van der Waals surface area contributed by atoms with E-state index < -0.39 is 24.3 Å². The highest BCUT2D eigenvalue weighted by Gasteiger charge is 2.39. The highest BCUT2D eigenvalue weighted by atomic mass is 19.3. The molecule has 1 saturated heterocycles. The average molecular weight is 786 g/mol. The van der Waals surface area contributed by atoms with E-state index in [2.05, 4.69) is 52.3 Å². The fourth-order valence-electron chi connectivity index (χ4n) is 8.36. The van der Waals surface area contributed by atoms with Gasteiger partial charge in [-0.15, -0.1) is 0 Å². The van der Waals surface area contributed by atoms with E-state index in [1.807, 2.05) is 6.07 Å². The van der Waals surface area contributed by atoms with Gasteiger partial charge in [0.2, 0.25) is 11.8 Å². The van der Waals surface area contributed by atoms with Gasteiger partial charge in [-0.25, -0.2) is 13.6 Å². The van der Waals surface area contributed by atoms with E-state index in [0.29, 0.717) is 46.5 Å². The molecule has 1 unspecified atom stereocenters. The maximum absolute atomic E-state index is 14.8. The molecule has 3 aromatic carbocycles. The van der Waals surface area contributed by atoms with Crippen molar-refractivity contribution in [3.63, 3.8) is 0 Å². The van der Waals surface area contributed by atoms with Crippen molar-refractivity contribution < 1.29 is 28.0 Å². The Labute approximate surface area is 332 Å². The summed E-state index contributed by atoms with van der Waals surface area (Å²) in [5.74, 6) is 4.40. The molecule has 0 bridgehead atoms. The van der Waals surface area contributed by atoms with Crippen LogP contribution in [0.25, 0.3) is 22.2 Å². The van der Waals surface area contributed by atoms with Gasteiger partial charge in [0.1, 0.15) is 11.7 Å². The predicted molar refractivity (Wildman–Crippen MR) is 214 cm³/mol. The number of carbonyl (C=O) groups excluding carboxylic acids is 4. The Kier molecular flexibility index (Phi) is 9.92. The van der Waals surface area contributed by atoms with Crippen LogP contribution in [-0.4, -0.2) is 61.8 Å². The van der Waals surface area contributed by atoms with Crippen LogP contribution in [-0.2, 0) is 36.6 Å². The summed E-state index contributed by atoms with van der Waals surface area (Å²) in [4.78, 5) is 70.9. The van der Waals surface area contributed by atoms with Crippen LogP contribution in [0.1, 0.15) is 94.1 Å². The number of benzene rings is 3. The van der Waals surface area contributed by atoms with E-state index in [4.69, 9.17) is 0 Å². The molecule has 0 saturated carbocycles. The van der Waals surface area contributed by atoms with Crippen molar-refractivity contribution in [1.29, 1.82) is 0 Å². The minimum absolute atomic E-state index is 0.0280. The number of pyridine rings is 1. The number of halogens is 2. The maximum atomic E-state index is 14.8. The second kappa shape index (κ2) is 15.0. The van der Waals surface area contributed by atoms with Crippen LogP contribution >= 0.6 is 0 Å². The molecule has 0 spiro atoms. The van der Waals surface area contributed by atoms with Crippen molar-refractivity contribution >= 4 is 46.0 Å². The number of carbonyl (C=O) groups is 4. The van der Waals surface area contributed by atoms with Gasteiger partial charge in [0.05, 0.1) is 17.6 Å². The van der Waals surface area contributed by atoms with Crippen molar-refractivity contribution in [2.24, 2.45) is 14.1 Å². The SMILES string of the molecule is CC(C)c1cc(N2CCCc3cc(-c4ccc(C(=O)NCC#Cc5cccc6c5CN(C5CCC(=O)NC5=O)C6=O)nc4)c(C(F)F)cc32)cc2c1n(C)c(=O)n2C. The summed E-state index contributed by atoms with van der Waals surface area (Å²) in [7, 11) is 3.50. The number of amides is 4. The number of aromatic nitrogens is 3. The monoisotopic (exact) mass is 785 g/mol. The molecule has 12 nitrogen and oxygen atoms in total. The fraction of sp³-hybridized carbons (Fsp3) is 0.318. The molecule has 3 aliphatic rings. The summed E-state index contributed by atoms with van der Waals surface area (Å²) in [5, 5.41) is 5.01. The first kappa shape index (κ1) is 38.3. The molecule has 296 valence electrons. The number of imide groups is 1. The lowest BCUT2D eigenvalue weighted by atomic mass is 9.91. The minimum Gasteiger partial charge on any atom is -0.341 e. The standard InChI is InChI=1S/C44H41F2N7O5/c1-24(2)30-19-28(20-37-39(30)51(4)44(58)50(37)3)52-17-7-10-26-18-31(32(40(45)46)21-36(26)52)27-12-13-34(48-22-27)41(55)47-16-6-9-25-8-5-11-29-33(25)23-53(43(29)57)35-14-15-38(54)49-42(35)56/h5,8,11-13,18-22,24,35,40H,7,10,14-17,23H2,1-4H3,(H,47,55)(H,49,54,56). The van der Waals surface area contributed by atoms with Gasteiger partial charge in [0.15, 0.2) is 0 Å². The van der Waals surface area contributed by atoms with Crippen molar-refractivity contribution in [2.45, 2.75) is 64.5 Å². The third kappa shape index (κ3) is 6.70. The first-order valence-corrected chi connectivity index (χ1v) is 19.2. The molecule has 5 aromatic rings. The number of fused-ring (bicyclic) bond motifs is 3. The van der Waals surface area contributed by atoms with Crippen LogP contribution in [0.2, 0.25) is 0 Å². The van der Waals surface area contributed by atoms with E-state index >= 15 is 0 Å². The van der Waals surface area contributed by atoms with Gasteiger partial charge in [-0.3, -0.25) is 38.6 Å². The average Bonchev–Trinajstić information content (AvgIpc) is 3.66. The molecule has 5 heterocycles. The predicted octanol–water partition coefficient (Wildman–Crippen LogP) is 5.63. The Morgan fingerprint density at radius 3 is 2.52 bits per heavy atom. The maximum Gasteiger partial charge on any atom is 0.328 e. The first-order valence-electron chi connectivity index (χ1n) is 19.2. The Morgan fingerprint density at radius 2 is 1.79 bits per heavy atom. The number of nitrogens with one attached hydrogen (secondary N) is 2. The summed E-state index contributed by atoms with van der Waals surface area (Å²) in [6, 6.07) is 14.9. The summed E-state index contributed by atoms with van der Waals surface area (Å²) in [6.07, 6.45) is 0.549. The molecule has 1 fully saturated rings. The molecular formula is C44H41F2N7O5. The second-order valence-corrected chi connectivity index (χ2v) is 15.2. The zero-order valence-corrected chi connectivity index (χ0v) is 32.5. The van der Waals surface area contributed by atoms with Gasteiger partial charge in [-0.2, -0.15) is 0 Å². The zero-order valence-electron chi connectivity index (χ0n) is 32.5. The molecule has 8 rings (SSSR count). The summed E-state index contributed by atoms with van der Waals surface area (Å²) < 4.78 is 32.9. The van der Waals surface area contributed by atoms with Crippen LogP contribution in [0, 0.1) is 11.8 Å². The molecular weight excluding hydrogens is 745 g/mol. The van der Waals surface area contributed by atoms with Gasteiger partial charge in [-0.1, -0.05) is 37.8 Å². The van der Waals surface area contributed by atoms with Crippen molar-refractivity contribution in [3.05, 3.63) is 110 Å². The molecule has 2 N–H and O–H groups in total. The molecule has 2 aromatic heterocycles. The van der Waals surface area contributed by atoms with Gasteiger partial charge < -0.3 is 15.1 Å². The van der Waals surface area contributed by atoms with Crippen LogP contribution in [0.3, 0.4) is 0 Å². The number of nitrogens with zero attached hydrogens (tertiary/aromatic N) is 5. The second-order valence-electron chi connectivity index (χ2n) is 15.2. The first-order chi connectivity index (χ1) is 27.8. The van der Waals surface area contributed by atoms with Crippen LogP contribution in [0.4, 0.5) is 20.2 Å². The Balaban J connectivity index is 0.988. The van der Waals surface area contributed by atoms with Gasteiger partial charge in [0, 0.05) is 73.4 Å². The summed E-state index contributed by atoms with van der Waals surface area (Å²) >= 11 is 0. The minimum atomic E-state index is -2.78. The number of hydrogen-bond donors (Lipinski definition) is 2. The third-order valence-electron chi connectivity index (χ3n) is 11.4. The highest BCUT2D eigenvalue weighted by Crippen LogP contribution is 2.43. The van der Waals surface area contributed by atoms with Crippen LogP contribution < -0.4 is 21.2 Å². The smallest absolute Gasteiger partial charge is 0.328 e. The number of aryl methyl sites for hydroxylation is 3. The fourth-order valence-corrected chi connectivity index (χ4v) is 8.36. The number of alkyl halides is 2. The lowest BCUT2D eigenvalue weighted by molar-refractivity contribution is -0.136. The number of anilines is 2. The highest BCUT2D eigenvalue weighted by molar-refractivity contribution is 6.05. The number of hydrogen-bond acceptors (Lipinski definition) is 7. The lowest BCUT2D eigenvalue weighted by Gasteiger charge is -2.33. The molecule has 1 atom stereocenters. The van der Waals surface area contributed by atoms with Crippen LogP contribution in [0.5, 0.6) is 0 Å². The number of imidazole rings is 1. The largest absolute Gasteiger partial charge is 0.341 e. The lowest BCUT2D eigenvalue weighted by Crippen LogP contribution is -2.52. The van der Waals surface area contributed by atoms with Crippen LogP contribution in [0.15, 0.2) is 65.6 Å². The number of piperidine rings is 1. The van der Waals surface area contributed by atoms with E-state index in [1.54, 1.807) is 59.6 Å². The zero-order chi connectivity index (χ0) is 41.0. The van der Waals surface area contributed by atoms with E-state index in [9.17, 15) is 32.8 Å². The van der Waals surface area contributed by atoms with Gasteiger partial charge in [0.25, 0.3) is 18.2 Å². The molecule has 4 amide bonds. The third-order valence-corrected chi connectivity index (χ3v) is 11.4. The molecule has 3 aliphatic heterocycles. The topological polar surface area (TPSA) is 139 Å². The summed E-state index contributed by atoms with van der Waals surface area (Å²) in [5.41, 5.74) is 7.41. The van der Waals surface area contributed by atoms with Crippen molar-refractivity contribution in [3.8, 4) is 23.0 Å². The van der Waals surface area contributed by atoms with E-state index in [1.165, 1.54) is 17.2 Å². The quantitative estimate of drug-likeness (QED) is 0.161. The molecule has 0 radical (unpaired) electrons. The summed E-state index contributed by atoms with van der Waals surface area (Å²) in [6.45, 7) is 4.92. The van der Waals surface area contributed by atoms with E-state index in [-0.39, 0.29) is 60.6 Å². The Morgan fingerprint density at radius 1 is 0.983 bits per heavy atom.